The van der Waals surface area contributed by atoms with Crippen molar-refractivity contribution in [2.45, 2.75) is 12.6 Å². The van der Waals surface area contributed by atoms with E-state index in [1.54, 1.807) is 0 Å². The number of thiazole rings is 1. The average Bonchev–Trinajstić information content (AvgIpc) is 2.96. The average molecular weight is 350 g/mol. The maximum absolute atomic E-state index is 12.9. The number of carbonyl (C=O) groups is 1. The molecule has 24 heavy (non-hydrogen) atoms. The number of benzene rings is 2. The number of amides is 1. The van der Waals surface area contributed by atoms with Crippen molar-refractivity contribution in [1.82, 2.24) is 10.3 Å². The standard InChI is InChI=1S/C17H13F3N2OS/c18-17(19,20)12-6-2-1-5-11(12)16(23)21-10-9-15-22-13-7-3-4-8-14(13)24-15/h1-8H,9-10H2,(H,21,23). The normalized spacial score (nSPS) is 11.6. The highest BCUT2D eigenvalue weighted by molar-refractivity contribution is 7.18. The van der Waals surface area contributed by atoms with Gasteiger partial charge in [0.2, 0.25) is 0 Å². The zero-order chi connectivity index (χ0) is 17.2. The largest absolute Gasteiger partial charge is 0.417 e. The maximum atomic E-state index is 12.9. The molecule has 0 saturated carbocycles. The fourth-order valence-corrected chi connectivity index (χ4v) is 3.30. The molecular weight excluding hydrogens is 337 g/mol. The van der Waals surface area contributed by atoms with Crippen molar-refractivity contribution in [2.24, 2.45) is 0 Å². The summed E-state index contributed by atoms with van der Waals surface area (Å²) in [6, 6.07) is 12.4. The molecule has 2 aromatic carbocycles. The summed E-state index contributed by atoms with van der Waals surface area (Å²) in [6.45, 7) is 0.227. The van der Waals surface area contributed by atoms with E-state index in [1.165, 1.54) is 29.5 Å². The van der Waals surface area contributed by atoms with Gasteiger partial charge in [-0.15, -0.1) is 11.3 Å². The first-order valence-corrected chi connectivity index (χ1v) is 8.05. The molecule has 3 aromatic rings. The number of rotatable bonds is 4. The summed E-state index contributed by atoms with van der Waals surface area (Å²) in [6.07, 6.45) is -4.08. The summed E-state index contributed by atoms with van der Waals surface area (Å²) in [7, 11) is 0. The van der Waals surface area contributed by atoms with Crippen LogP contribution in [0, 0.1) is 0 Å². The van der Waals surface area contributed by atoms with Crippen LogP contribution < -0.4 is 5.32 Å². The fourth-order valence-electron chi connectivity index (χ4n) is 2.33. The number of para-hydroxylation sites is 1. The monoisotopic (exact) mass is 350 g/mol. The highest BCUT2D eigenvalue weighted by Crippen LogP contribution is 2.31. The second-order valence-electron chi connectivity index (χ2n) is 5.12. The number of hydrogen-bond acceptors (Lipinski definition) is 3. The van der Waals surface area contributed by atoms with Crippen LogP contribution in [0.2, 0.25) is 0 Å². The first-order chi connectivity index (χ1) is 11.4. The predicted octanol–water partition coefficient (Wildman–Crippen LogP) is 4.29. The van der Waals surface area contributed by atoms with Gasteiger partial charge in [0.15, 0.2) is 0 Å². The van der Waals surface area contributed by atoms with Crippen LogP contribution in [0.4, 0.5) is 13.2 Å². The minimum atomic E-state index is -4.55. The molecule has 0 saturated heterocycles. The lowest BCUT2D eigenvalue weighted by molar-refractivity contribution is -0.137. The van der Waals surface area contributed by atoms with Crippen LogP contribution in [-0.2, 0) is 12.6 Å². The van der Waals surface area contributed by atoms with E-state index in [-0.39, 0.29) is 12.1 Å². The summed E-state index contributed by atoms with van der Waals surface area (Å²) in [5.41, 5.74) is -0.414. The number of nitrogens with zero attached hydrogens (tertiary/aromatic N) is 1. The molecule has 0 fully saturated rings. The molecule has 0 unspecified atom stereocenters. The van der Waals surface area contributed by atoms with Crippen LogP contribution in [0.1, 0.15) is 20.9 Å². The SMILES string of the molecule is O=C(NCCc1nc2ccccc2s1)c1ccccc1C(F)(F)F. The molecule has 0 aliphatic rings. The summed E-state index contributed by atoms with van der Waals surface area (Å²) < 4.78 is 39.8. The number of alkyl halides is 3. The predicted molar refractivity (Wildman–Crippen MR) is 87.1 cm³/mol. The molecular formula is C17H13F3N2OS. The van der Waals surface area contributed by atoms with Gasteiger partial charge in [0.25, 0.3) is 5.91 Å². The van der Waals surface area contributed by atoms with Crippen LogP contribution >= 0.6 is 11.3 Å². The van der Waals surface area contributed by atoms with Crippen molar-refractivity contribution in [1.29, 1.82) is 0 Å². The van der Waals surface area contributed by atoms with E-state index in [0.717, 1.165) is 21.3 Å². The molecule has 0 aliphatic carbocycles. The van der Waals surface area contributed by atoms with Gasteiger partial charge in [0, 0.05) is 13.0 Å². The Kier molecular flexibility index (Phi) is 4.53. The van der Waals surface area contributed by atoms with Crippen LogP contribution in [0.3, 0.4) is 0 Å². The molecule has 1 N–H and O–H groups in total. The molecule has 124 valence electrons. The van der Waals surface area contributed by atoms with Crippen LogP contribution in [0.5, 0.6) is 0 Å². The second kappa shape index (κ2) is 6.60. The van der Waals surface area contributed by atoms with Crippen molar-refractivity contribution in [2.75, 3.05) is 6.54 Å². The Labute approximate surface area is 140 Å². The minimum absolute atomic E-state index is 0.227. The second-order valence-corrected chi connectivity index (χ2v) is 6.24. The van der Waals surface area contributed by atoms with E-state index < -0.39 is 17.6 Å². The van der Waals surface area contributed by atoms with E-state index in [2.05, 4.69) is 10.3 Å². The Hall–Kier alpha value is -2.41. The Morgan fingerprint density at radius 2 is 1.79 bits per heavy atom. The van der Waals surface area contributed by atoms with E-state index in [0.29, 0.717) is 6.42 Å². The number of aromatic nitrogens is 1. The van der Waals surface area contributed by atoms with Gasteiger partial charge in [-0.3, -0.25) is 4.79 Å². The summed E-state index contributed by atoms with van der Waals surface area (Å²) in [5.74, 6) is -0.732. The zero-order valence-corrected chi connectivity index (χ0v) is 13.2. The molecule has 0 bridgehead atoms. The van der Waals surface area contributed by atoms with Gasteiger partial charge in [-0.05, 0) is 24.3 Å². The third kappa shape index (κ3) is 3.56. The highest BCUT2D eigenvalue weighted by atomic mass is 32.1. The van der Waals surface area contributed by atoms with E-state index >= 15 is 0 Å². The lowest BCUT2D eigenvalue weighted by Gasteiger charge is -2.12. The Morgan fingerprint density at radius 3 is 2.54 bits per heavy atom. The zero-order valence-electron chi connectivity index (χ0n) is 12.4. The van der Waals surface area contributed by atoms with Crippen molar-refractivity contribution >= 4 is 27.5 Å². The van der Waals surface area contributed by atoms with Gasteiger partial charge in [-0.1, -0.05) is 24.3 Å². The topological polar surface area (TPSA) is 42.0 Å². The van der Waals surface area contributed by atoms with Gasteiger partial charge in [0.1, 0.15) is 0 Å². The Bertz CT molecular complexity index is 840. The lowest BCUT2D eigenvalue weighted by atomic mass is 10.1. The quantitative estimate of drug-likeness (QED) is 0.763. The maximum Gasteiger partial charge on any atom is 0.417 e. The number of fused-ring (bicyclic) bond motifs is 1. The first kappa shape index (κ1) is 16.4. The molecule has 1 amide bonds. The summed E-state index contributed by atoms with van der Waals surface area (Å²) in [4.78, 5) is 16.5. The van der Waals surface area contributed by atoms with Crippen molar-refractivity contribution in [3.05, 3.63) is 64.7 Å². The molecule has 7 heteroatoms. The summed E-state index contributed by atoms with van der Waals surface area (Å²) in [5, 5.41) is 3.37. The lowest BCUT2D eigenvalue weighted by Crippen LogP contribution is -2.28. The molecule has 1 heterocycles. The molecule has 0 spiro atoms. The molecule has 1 aromatic heterocycles. The molecule has 0 radical (unpaired) electrons. The van der Waals surface area contributed by atoms with Crippen molar-refractivity contribution in [3.63, 3.8) is 0 Å². The van der Waals surface area contributed by atoms with E-state index in [1.807, 2.05) is 24.3 Å². The first-order valence-electron chi connectivity index (χ1n) is 7.24. The van der Waals surface area contributed by atoms with Crippen molar-refractivity contribution < 1.29 is 18.0 Å². The van der Waals surface area contributed by atoms with Crippen LogP contribution in [0.25, 0.3) is 10.2 Å². The molecule has 0 aliphatic heterocycles. The molecule has 0 atom stereocenters. The Balaban J connectivity index is 1.66. The smallest absolute Gasteiger partial charge is 0.352 e. The molecule has 3 nitrogen and oxygen atoms in total. The number of halogens is 3. The van der Waals surface area contributed by atoms with E-state index in [4.69, 9.17) is 0 Å². The fraction of sp³-hybridized carbons (Fsp3) is 0.176. The molecule has 3 rings (SSSR count). The van der Waals surface area contributed by atoms with Gasteiger partial charge >= 0.3 is 6.18 Å². The number of hydrogen-bond donors (Lipinski definition) is 1. The number of carbonyl (C=O) groups excluding carboxylic acids is 1. The Morgan fingerprint density at radius 1 is 1.08 bits per heavy atom. The van der Waals surface area contributed by atoms with Gasteiger partial charge in [-0.25, -0.2) is 4.98 Å². The number of nitrogens with one attached hydrogen (secondary N) is 1. The third-order valence-corrected chi connectivity index (χ3v) is 4.54. The third-order valence-electron chi connectivity index (χ3n) is 3.44. The minimum Gasteiger partial charge on any atom is -0.352 e. The van der Waals surface area contributed by atoms with Crippen LogP contribution in [0.15, 0.2) is 48.5 Å². The summed E-state index contributed by atoms with van der Waals surface area (Å²) >= 11 is 1.51. The highest BCUT2D eigenvalue weighted by Gasteiger charge is 2.34. The van der Waals surface area contributed by atoms with Gasteiger partial charge < -0.3 is 5.32 Å². The van der Waals surface area contributed by atoms with E-state index in [9.17, 15) is 18.0 Å². The van der Waals surface area contributed by atoms with Gasteiger partial charge in [-0.2, -0.15) is 13.2 Å². The van der Waals surface area contributed by atoms with Crippen molar-refractivity contribution in [3.8, 4) is 0 Å². The van der Waals surface area contributed by atoms with Crippen LogP contribution in [-0.4, -0.2) is 17.4 Å². The van der Waals surface area contributed by atoms with Gasteiger partial charge in [0.05, 0.1) is 26.4 Å².